The zero-order valence-corrected chi connectivity index (χ0v) is 16.3. The van der Waals surface area contributed by atoms with Gasteiger partial charge in [-0.05, 0) is 19.1 Å². The minimum absolute atomic E-state index is 0.0105. The van der Waals surface area contributed by atoms with Gasteiger partial charge in [0, 0.05) is 31.6 Å². The Hall–Kier alpha value is -2.81. The lowest BCUT2D eigenvalue weighted by molar-refractivity contribution is -0.129. The number of aromatic nitrogens is 2. The number of hydrogen-bond donors (Lipinski definition) is 0. The summed E-state index contributed by atoms with van der Waals surface area (Å²) in [6.07, 6.45) is 1.17. The molecule has 1 aromatic carbocycles. The molecule has 9 heteroatoms. The average Bonchev–Trinajstić information content (AvgIpc) is 3.11. The summed E-state index contributed by atoms with van der Waals surface area (Å²) in [4.78, 5) is 36.3. The molecule has 2 aromatic heterocycles. The number of para-hydroxylation sites is 1. The second kappa shape index (κ2) is 8.05. The number of piperazine rings is 1. The van der Waals surface area contributed by atoms with Crippen LogP contribution in [0.2, 0.25) is 0 Å². The van der Waals surface area contributed by atoms with Gasteiger partial charge in [-0.3, -0.25) is 4.79 Å². The Balaban J connectivity index is 1.40. The summed E-state index contributed by atoms with van der Waals surface area (Å²) in [5.41, 5.74) is 2.11. The van der Waals surface area contributed by atoms with Crippen LogP contribution >= 0.6 is 11.8 Å². The van der Waals surface area contributed by atoms with Crippen LogP contribution in [-0.2, 0) is 9.53 Å². The van der Waals surface area contributed by atoms with Crippen molar-refractivity contribution >= 4 is 45.8 Å². The summed E-state index contributed by atoms with van der Waals surface area (Å²) < 4.78 is 10.9. The molecule has 0 saturated carbocycles. The third-order valence-electron chi connectivity index (χ3n) is 4.62. The van der Waals surface area contributed by atoms with Gasteiger partial charge in [0.1, 0.15) is 22.5 Å². The third kappa shape index (κ3) is 3.62. The van der Waals surface area contributed by atoms with Gasteiger partial charge < -0.3 is 19.0 Å². The first-order chi connectivity index (χ1) is 13.7. The van der Waals surface area contributed by atoms with E-state index in [1.165, 1.54) is 18.1 Å². The zero-order valence-electron chi connectivity index (χ0n) is 15.5. The molecule has 1 saturated heterocycles. The van der Waals surface area contributed by atoms with Gasteiger partial charge in [-0.25, -0.2) is 14.8 Å². The van der Waals surface area contributed by atoms with Gasteiger partial charge >= 0.3 is 6.09 Å². The van der Waals surface area contributed by atoms with Gasteiger partial charge in [0.25, 0.3) is 0 Å². The van der Waals surface area contributed by atoms with Gasteiger partial charge in [-0.2, -0.15) is 0 Å². The van der Waals surface area contributed by atoms with Crippen LogP contribution in [0.5, 0.6) is 0 Å². The Morgan fingerprint density at radius 2 is 1.89 bits per heavy atom. The van der Waals surface area contributed by atoms with Crippen molar-refractivity contribution in [2.75, 3.05) is 38.5 Å². The number of carbonyl (C=O) groups is 2. The second-order valence-corrected chi connectivity index (χ2v) is 7.27. The van der Waals surface area contributed by atoms with E-state index in [-0.39, 0.29) is 17.8 Å². The number of benzene rings is 1. The molecule has 3 heterocycles. The molecule has 0 N–H and O–H groups in total. The highest BCUT2D eigenvalue weighted by molar-refractivity contribution is 8.00. The first-order valence-corrected chi connectivity index (χ1v) is 10.1. The van der Waals surface area contributed by atoms with Crippen LogP contribution in [-0.4, -0.2) is 70.3 Å². The molecule has 8 nitrogen and oxygen atoms in total. The van der Waals surface area contributed by atoms with Crippen molar-refractivity contribution in [1.82, 2.24) is 19.8 Å². The summed E-state index contributed by atoms with van der Waals surface area (Å²) in [5.74, 6) is 0.263. The highest BCUT2D eigenvalue weighted by Gasteiger charge is 2.25. The number of fused-ring (bicyclic) bond motifs is 3. The van der Waals surface area contributed by atoms with E-state index in [0.717, 1.165) is 16.5 Å². The van der Waals surface area contributed by atoms with Gasteiger partial charge in [-0.1, -0.05) is 23.9 Å². The van der Waals surface area contributed by atoms with E-state index in [0.29, 0.717) is 43.4 Å². The first-order valence-electron chi connectivity index (χ1n) is 9.12. The summed E-state index contributed by atoms with van der Waals surface area (Å²) in [7, 11) is 0. The van der Waals surface area contributed by atoms with Crippen molar-refractivity contribution in [2.45, 2.75) is 11.9 Å². The van der Waals surface area contributed by atoms with E-state index >= 15 is 0 Å². The highest BCUT2D eigenvalue weighted by Crippen LogP contribution is 2.32. The predicted octanol–water partition coefficient (Wildman–Crippen LogP) is 2.77. The molecule has 0 bridgehead atoms. The molecule has 0 atom stereocenters. The van der Waals surface area contributed by atoms with E-state index < -0.39 is 0 Å². The maximum atomic E-state index is 12.6. The number of ether oxygens (including phenoxy) is 1. The number of amides is 2. The lowest BCUT2D eigenvalue weighted by Gasteiger charge is -2.34. The van der Waals surface area contributed by atoms with Gasteiger partial charge in [0.2, 0.25) is 5.91 Å². The first kappa shape index (κ1) is 18.5. The minimum atomic E-state index is -0.322. The smallest absolute Gasteiger partial charge is 0.409 e. The summed E-state index contributed by atoms with van der Waals surface area (Å²) >= 11 is 1.34. The summed E-state index contributed by atoms with van der Waals surface area (Å²) in [6.45, 7) is 4.10. The van der Waals surface area contributed by atoms with Crippen molar-refractivity contribution in [3.8, 4) is 0 Å². The van der Waals surface area contributed by atoms with Gasteiger partial charge in [0.15, 0.2) is 5.58 Å². The molecule has 0 unspecified atom stereocenters. The lowest BCUT2D eigenvalue weighted by Crippen LogP contribution is -2.51. The Kier molecular flexibility index (Phi) is 5.34. The maximum Gasteiger partial charge on any atom is 0.409 e. The number of thioether (sulfide) groups is 1. The van der Waals surface area contributed by atoms with E-state index in [1.54, 1.807) is 16.7 Å². The standard InChI is InChI=1S/C19H20N4O4S/c1-2-26-19(25)23-9-7-22(8-10-23)15(24)11-28-18-17-16(20-12-21-18)13-5-3-4-6-14(13)27-17/h3-6,12H,2,7-11H2,1H3. The Morgan fingerprint density at radius 3 is 2.68 bits per heavy atom. The van der Waals surface area contributed by atoms with Crippen molar-refractivity contribution in [3.63, 3.8) is 0 Å². The molecule has 0 aliphatic carbocycles. The molecule has 0 spiro atoms. The third-order valence-corrected chi connectivity index (χ3v) is 5.57. The molecule has 0 radical (unpaired) electrons. The molecular formula is C19H20N4O4S. The van der Waals surface area contributed by atoms with Gasteiger partial charge in [-0.15, -0.1) is 0 Å². The Bertz CT molecular complexity index is 1010. The van der Waals surface area contributed by atoms with Crippen molar-refractivity contribution in [2.24, 2.45) is 0 Å². The van der Waals surface area contributed by atoms with Crippen LogP contribution in [0.15, 0.2) is 40.0 Å². The van der Waals surface area contributed by atoms with Crippen molar-refractivity contribution in [3.05, 3.63) is 30.6 Å². The van der Waals surface area contributed by atoms with Crippen LogP contribution in [0.4, 0.5) is 4.79 Å². The molecular weight excluding hydrogens is 380 g/mol. The Morgan fingerprint density at radius 1 is 1.14 bits per heavy atom. The van der Waals surface area contributed by atoms with E-state index in [2.05, 4.69) is 9.97 Å². The quantitative estimate of drug-likeness (QED) is 0.491. The number of rotatable bonds is 4. The van der Waals surface area contributed by atoms with Crippen LogP contribution in [0.1, 0.15) is 6.92 Å². The molecule has 1 aliphatic rings. The number of carbonyl (C=O) groups excluding carboxylic acids is 2. The fraction of sp³-hybridized carbons (Fsp3) is 0.368. The van der Waals surface area contributed by atoms with Gasteiger partial charge in [0.05, 0.1) is 12.4 Å². The largest absolute Gasteiger partial charge is 0.451 e. The van der Waals surface area contributed by atoms with E-state index in [4.69, 9.17) is 9.15 Å². The number of hydrogen-bond acceptors (Lipinski definition) is 7. The van der Waals surface area contributed by atoms with Crippen molar-refractivity contribution in [1.29, 1.82) is 0 Å². The monoisotopic (exact) mass is 400 g/mol. The summed E-state index contributed by atoms with van der Waals surface area (Å²) in [5, 5.41) is 1.59. The highest BCUT2D eigenvalue weighted by atomic mass is 32.2. The van der Waals surface area contributed by atoms with Crippen LogP contribution in [0.25, 0.3) is 22.1 Å². The number of furan rings is 1. The molecule has 4 rings (SSSR count). The zero-order chi connectivity index (χ0) is 19.5. The second-order valence-electron chi connectivity index (χ2n) is 6.31. The fourth-order valence-corrected chi connectivity index (χ4v) is 4.01. The molecule has 2 amide bonds. The maximum absolute atomic E-state index is 12.6. The molecule has 3 aromatic rings. The minimum Gasteiger partial charge on any atom is -0.451 e. The normalized spacial score (nSPS) is 14.6. The molecule has 1 fully saturated rings. The molecule has 1 aliphatic heterocycles. The topological polar surface area (TPSA) is 88.8 Å². The van der Waals surface area contributed by atoms with Crippen molar-refractivity contribution < 1.29 is 18.7 Å². The number of nitrogens with zero attached hydrogens (tertiary/aromatic N) is 4. The van der Waals surface area contributed by atoms with E-state index in [1.807, 2.05) is 24.3 Å². The Labute approximate surface area is 165 Å². The van der Waals surface area contributed by atoms with Crippen LogP contribution in [0.3, 0.4) is 0 Å². The SMILES string of the molecule is CCOC(=O)N1CCN(C(=O)CSc2ncnc3c2oc2ccccc23)CC1. The molecule has 28 heavy (non-hydrogen) atoms. The predicted molar refractivity (Wildman–Crippen MR) is 105 cm³/mol. The average molecular weight is 400 g/mol. The lowest BCUT2D eigenvalue weighted by atomic mass is 10.2. The van der Waals surface area contributed by atoms with Crippen LogP contribution in [0, 0.1) is 0 Å². The fourth-order valence-electron chi connectivity index (χ4n) is 3.18. The summed E-state index contributed by atoms with van der Waals surface area (Å²) in [6, 6.07) is 7.69. The molecule has 146 valence electrons. The van der Waals surface area contributed by atoms with E-state index in [9.17, 15) is 9.59 Å². The van der Waals surface area contributed by atoms with Crippen LogP contribution < -0.4 is 0 Å².